The van der Waals surface area contributed by atoms with Gasteiger partial charge in [0.15, 0.2) is 0 Å². The maximum absolute atomic E-state index is 11.3. The van der Waals surface area contributed by atoms with E-state index in [0.29, 0.717) is 18.0 Å². The van der Waals surface area contributed by atoms with Gasteiger partial charge in [-0.25, -0.2) is 4.79 Å². The van der Waals surface area contributed by atoms with Crippen LogP contribution < -0.4 is 10.1 Å². The lowest BCUT2D eigenvalue weighted by molar-refractivity contribution is 0.0698. The highest BCUT2D eigenvalue weighted by Crippen LogP contribution is 2.23. The minimum absolute atomic E-state index is 0.213. The maximum Gasteiger partial charge on any atom is 0.337 e. The third-order valence-corrected chi connectivity index (χ3v) is 3.27. The number of ether oxygens (including phenoxy) is 1. The zero-order valence-corrected chi connectivity index (χ0v) is 12.1. The molecular formula is C16H18N2O3. The highest BCUT2D eigenvalue weighted by atomic mass is 16.5. The van der Waals surface area contributed by atoms with Crippen LogP contribution in [0.15, 0.2) is 36.5 Å². The number of anilines is 1. The van der Waals surface area contributed by atoms with Crippen molar-refractivity contribution in [2.24, 2.45) is 0 Å². The fourth-order valence-corrected chi connectivity index (χ4v) is 2.11. The fraction of sp³-hybridized carbons (Fsp3) is 0.250. The van der Waals surface area contributed by atoms with Gasteiger partial charge in [0.25, 0.3) is 0 Å². The summed E-state index contributed by atoms with van der Waals surface area (Å²) in [6.45, 7) is 2.53. The first-order valence-corrected chi connectivity index (χ1v) is 6.73. The molecule has 0 saturated heterocycles. The van der Waals surface area contributed by atoms with Crippen molar-refractivity contribution in [2.75, 3.05) is 12.4 Å². The number of aromatic carboxylic acids is 1. The molecule has 0 bridgehead atoms. The number of methoxy groups -OCH3 is 1. The second-order valence-electron chi connectivity index (χ2n) is 4.53. The number of hydrogen-bond donors (Lipinski definition) is 2. The van der Waals surface area contributed by atoms with Crippen LogP contribution >= 0.6 is 0 Å². The van der Waals surface area contributed by atoms with E-state index in [-0.39, 0.29) is 5.56 Å². The highest BCUT2D eigenvalue weighted by molar-refractivity contribution is 5.94. The number of pyridine rings is 1. The normalized spacial score (nSPS) is 10.2. The van der Waals surface area contributed by atoms with Crippen molar-refractivity contribution >= 4 is 11.7 Å². The Hall–Kier alpha value is -2.56. The van der Waals surface area contributed by atoms with Crippen LogP contribution in [-0.4, -0.2) is 23.2 Å². The van der Waals surface area contributed by atoms with E-state index in [2.05, 4.69) is 17.2 Å². The number of carbonyl (C=O) groups is 1. The third kappa shape index (κ3) is 3.51. The molecule has 0 unspecified atom stereocenters. The minimum atomic E-state index is -0.975. The number of carboxylic acids is 1. The molecule has 0 atom stereocenters. The molecule has 0 radical (unpaired) electrons. The molecule has 5 nitrogen and oxygen atoms in total. The van der Waals surface area contributed by atoms with Gasteiger partial charge in [0.2, 0.25) is 0 Å². The monoisotopic (exact) mass is 286 g/mol. The molecular weight excluding hydrogens is 268 g/mol. The predicted octanol–water partition coefficient (Wildman–Crippen LogP) is 2.96. The summed E-state index contributed by atoms with van der Waals surface area (Å²) in [5, 5.41) is 12.4. The summed E-state index contributed by atoms with van der Waals surface area (Å²) in [6, 6.07) is 8.76. The summed E-state index contributed by atoms with van der Waals surface area (Å²) >= 11 is 0. The van der Waals surface area contributed by atoms with Gasteiger partial charge in [-0.1, -0.05) is 13.0 Å². The van der Waals surface area contributed by atoms with E-state index in [0.717, 1.165) is 17.7 Å². The molecule has 110 valence electrons. The Balaban J connectivity index is 2.24. The van der Waals surface area contributed by atoms with Gasteiger partial charge in [0, 0.05) is 12.3 Å². The summed E-state index contributed by atoms with van der Waals surface area (Å²) in [4.78, 5) is 15.6. The number of rotatable bonds is 6. The Bertz CT molecular complexity index is 641. The Labute approximate surface area is 123 Å². The minimum Gasteiger partial charge on any atom is -0.497 e. The molecule has 0 aliphatic heterocycles. The standard InChI is InChI=1S/C16H18N2O3/c1-3-11-5-4-8-17-15(11)10-18-14-9-12(21-2)6-7-13(14)16(19)20/h4-9,18H,3,10H2,1-2H3,(H,19,20). The van der Waals surface area contributed by atoms with Crippen LogP contribution in [0.3, 0.4) is 0 Å². The van der Waals surface area contributed by atoms with Crippen molar-refractivity contribution in [2.45, 2.75) is 19.9 Å². The van der Waals surface area contributed by atoms with Crippen LogP contribution in [0.1, 0.15) is 28.5 Å². The smallest absolute Gasteiger partial charge is 0.337 e. The number of nitrogens with one attached hydrogen (secondary N) is 1. The topological polar surface area (TPSA) is 71.5 Å². The van der Waals surface area contributed by atoms with Crippen LogP contribution in [0, 0.1) is 0 Å². The molecule has 1 aromatic carbocycles. The van der Waals surface area contributed by atoms with Gasteiger partial charge in [-0.3, -0.25) is 4.98 Å². The van der Waals surface area contributed by atoms with E-state index < -0.39 is 5.97 Å². The quantitative estimate of drug-likeness (QED) is 0.854. The van der Waals surface area contributed by atoms with E-state index in [1.807, 2.05) is 12.1 Å². The van der Waals surface area contributed by atoms with E-state index in [1.54, 1.807) is 25.4 Å². The SMILES string of the molecule is CCc1cccnc1CNc1cc(OC)ccc1C(=O)O. The first kappa shape index (κ1) is 14.8. The van der Waals surface area contributed by atoms with Crippen molar-refractivity contribution in [3.63, 3.8) is 0 Å². The highest BCUT2D eigenvalue weighted by Gasteiger charge is 2.11. The largest absolute Gasteiger partial charge is 0.497 e. The zero-order valence-electron chi connectivity index (χ0n) is 12.1. The van der Waals surface area contributed by atoms with E-state index in [9.17, 15) is 9.90 Å². The number of carboxylic acid groups (broad SMARTS) is 1. The molecule has 5 heteroatoms. The van der Waals surface area contributed by atoms with Gasteiger partial charge in [0.05, 0.1) is 30.6 Å². The van der Waals surface area contributed by atoms with Crippen LogP contribution in [-0.2, 0) is 13.0 Å². The molecule has 1 aromatic heterocycles. The van der Waals surface area contributed by atoms with Crippen LogP contribution in [0.2, 0.25) is 0 Å². The van der Waals surface area contributed by atoms with Gasteiger partial charge >= 0.3 is 5.97 Å². The number of aryl methyl sites for hydroxylation is 1. The first-order chi connectivity index (χ1) is 10.2. The second-order valence-corrected chi connectivity index (χ2v) is 4.53. The average Bonchev–Trinajstić information content (AvgIpc) is 2.52. The maximum atomic E-state index is 11.3. The van der Waals surface area contributed by atoms with Crippen LogP contribution in [0.25, 0.3) is 0 Å². The van der Waals surface area contributed by atoms with E-state index >= 15 is 0 Å². The van der Waals surface area contributed by atoms with Crippen molar-refractivity contribution in [1.29, 1.82) is 0 Å². The number of aromatic nitrogens is 1. The average molecular weight is 286 g/mol. The Kier molecular flexibility index (Phi) is 4.77. The predicted molar refractivity (Wildman–Crippen MR) is 80.9 cm³/mol. The molecule has 0 aliphatic carbocycles. The third-order valence-electron chi connectivity index (χ3n) is 3.27. The Morgan fingerprint density at radius 1 is 1.38 bits per heavy atom. The lowest BCUT2D eigenvalue weighted by Gasteiger charge is -2.12. The van der Waals surface area contributed by atoms with Crippen molar-refractivity contribution < 1.29 is 14.6 Å². The van der Waals surface area contributed by atoms with Crippen LogP contribution in [0.5, 0.6) is 5.75 Å². The van der Waals surface area contributed by atoms with E-state index in [4.69, 9.17) is 4.74 Å². The number of benzene rings is 1. The van der Waals surface area contributed by atoms with Crippen molar-refractivity contribution in [1.82, 2.24) is 4.98 Å². The Morgan fingerprint density at radius 2 is 2.19 bits per heavy atom. The van der Waals surface area contributed by atoms with Gasteiger partial charge < -0.3 is 15.2 Å². The molecule has 1 heterocycles. The molecule has 0 amide bonds. The second kappa shape index (κ2) is 6.74. The van der Waals surface area contributed by atoms with E-state index in [1.165, 1.54) is 6.07 Å². The van der Waals surface area contributed by atoms with Gasteiger partial charge in [-0.15, -0.1) is 0 Å². The molecule has 0 saturated carbocycles. The molecule has 2 rings (SSSR count). The Morgan fingerprint density at radius 3 is 2.86 bits per heavy atom. The molecule has 0 aliphatic rings. The zero-order chi connectivity index (χ0) is 15.2. The molecule has 2 aromatic rings. The lowest BCUT2D eigenvalue weighted by atomic mass is 10.1. The lowest BCUT2D eigenvalue weighted by Crippen LogP contribution is -2.09. The molecule has 0 spiro atoms. The fourth-order valence-electron chi connectivity index (χ4n) is 2.11. The number of hydrogen-bond acceptors (Lipinski definition) is 4. The molecule has 2 N–H and O–H groups in total. The molecule has 21 heavy (non-hydrogen) atoms. The summed E-state index contributed by atoms with van der Waals surface area (Å²) in [7, 11) is 1.55. The summed E-state index contributed by atoms with van der Waals surface area (Å²) < 4.78 is 5.14. The van der Waals surface area contributed by atoms with Crippen LogP contribution in [0.4, 0.5) is 5.69 Å². The first-order valence-electron chi connectivity index (χ1n) is 6.73. The van der Waals surface area contributed by atoms with Crippen molar-refractivity contribution in [3.05, 3.63) is 53.3 Å². The van der Waals surface area contributed by atoms with Crippen molar-refractivity contribution in [3.8, 4) is 5.75 Å². The summed E-state index contributed by atoms with van der Waals surface area (Å²) in [6.07, 6.45) is 2.62. The van der Waals surface area contributed by atoms with Gasteiger partial charge in [-0.2, -0.15) is 0 Å². The molecule has 0 fully saturated rings. The summed E-state index contributed by atoms with van der Waals surface area (Å²) in [5.74, 6) is -0.365. The summed E-state index contributed by atoms with van der Waals surface area (Å²) in [5.41, 5.74) is 2.79. The van der Waals surface area contributed by atoms with Gasteiger partial charge in [0.1, 0.15) is 5.75 Å². The van der Waals surface area contributed by atoms with Gasteiger partial charge in [-0.05, 0) is 30.2 Å². The number of nitrogens with zero attached hydrogens (tertiary/aromatic N) is 1.